The smallest absolute Gasteiger partial charge is 0.418 e. The van der Waals surface area contributed by atoms with Gasteiger partial charge < -0.3 is 20.7 Å². The van der Waals surface area contributed by atoms with Crippen molar-refractivity contribution in [2.75, 3.05) is 43.4 Å². The van der Waals surface area contributed by atoms with Crippen molar-refractivity contribution in [1.82, 2.24) is 25.2 Å². The van der Waals surface area contributed by atoms with Crippen LogP contribution in [0.1, 0.15) is 55.2 Å². The van der Waals surface area contributed by atoms with Gasteiger partial charge in [-0.05, 0) is 88.7 Å². The van der Waals surface area contributed by atoms with Gasteiger partial charge >= 0.3 is 12.2 Å². The zero-order valence-corrected chi connectivity index (χ0v) is 23.8. The minimum atomic E-state index is -4.76. The Morgan fingerprint density at radius 3 is 2.38 bits per heavy atom. The summed E-state index contributed by atoms with van der Waals surface area (Å²) < 4.78 is 65.7. The number of ether oxygens (including phenoxy) is 1. The zero-order valence-electron chi connectivity index (χ0n) is 23.8. The number of aromatic nitrogens is 3. The number of nitrogens with two attached hydrogens (primary N) is 1. The molecule has 2 unspecified atom stereocenters. The molecular formula is C30H35F4N7O. The van der Waals surface area contributed by atoms with Crippen LogP contribution in [-0.2, 0) is 6.18 Å². The number of piperazine rings is 1. The molecule has 2 atom stereocenters. The molecule has 1 aromatic carbocycles. The number of anilines is 2. The molecule has 2 aromatic heterocycles. The Morgan fingerprint density at radius 2 is 1.71 bits per heavy atom. The first-order valence-corrected chi connectivity index (χ1v) is 14.8. The molecule has 7 rings (SSSR count). The van der Waals surface area contributed by atoms with Gasteiger partial charge in [-0.25, -0.2) is 9.37 Å². The summed E-state index contributed by atoms with van der Waals surface area (Å²) in [6, 6.07) is 3.45. The van der Waals surface area contributed by atoms with E-state index < -0.39 is 23.3 Å². The second-order valence-corrected chi connectivity index (χ2v) is 12.4. The van der Waals surface area contributed by atoms with E-state index >= 15 is 4.39 Å². The molecule has 0 amide bonds. The lowest BCUT2D eigenvalue weighted by atomic mass is 9.95. The molecule has 3 aromatic rings. The van der Waals surface area contributed by atoms with E-state index in [1.165, 1.54) is 6.92 Å². The fraction of sp³-hybridized carbons (Fsp3) is 0.567. The zero-order chi connectivity index (χ0) is 29.4. The van der Waals surface area contributed by atoms with E-state index in [-0.39, 0.29) is 34.0 Å². The van der Waals surface area contributed by atoms with Gasteiger partial charge in [0.2, 0.25) is 0 Å². The number of pyridine rings is 1. The second-order valence-electron chi connectivity index (χ2n) is 12.4. The maximum atomic E-state index is 16.7. The summed E-state index contributed by atoms with van der Waals surface area (Å²) in [5.74, 6) is -0.460. The summed E-state index contributed by atoms with van der Waals surface area (Å²) in [6.45, 7) is 6.72. The Hall–Kier alpha value is -3.25. The maximum Gasteiger partial charge on any atom is 0.418 e. The van der Waals surface area contributed by atoms with E-state index in [2.05, 4.69) is 25.1 Å². The highest BCUT2D eigenvalue weighted by atomic mass is 19.4. The predicted molar refractivity (Wildman–Crippen MR) is 152 cm³/mol. The highest BCUT2D eigenvalue weighted by Gasteiger charge is 2.45. The molecule has 0 spiro atoms. The number of alkyl halides is 3. The summed E-state index contributed by atoms with van der Waals surface area (Å²) in [5.41, 5.74) is 4.09. The van der Waals surface area contributed by atoms with Gasteiger partial charge in [-0.15, -0.1) is 0 Å². The lowest BCUT2D eigenvalue weighted by Crippen LogP contribution is -2.51. The lowest BCUT2D eigenvalue weighted by Gasteiger charge is -2.35. The van der Waals surface area contributed by atoms with E-state index in [9.17, 15) is 13.2 Å². The van der Waals surface area contributed by atoms with Crippen LogP contribution in [-0.4, -0.2) is 70.3 Å². The number of aryl methyl sites for hydroxylation is 2. The molecule has 3 N–H and O–H groups in total. The molecule has 12 heteroatoms. The van der Waals surface area contributed by atoms with Crippen LogP contribution in [0.25, 0.3) is 22.2 Å². The number of hydrogen-bond acceptors (Lipinski definition) is 8. The van der Waals surface area contributed by atoms with E-state index in [0.29, 0.717) is 48.5 Å². The van der Waals surface area contributed by atoms with Crippen molar-refractivity contribution < 1.29 is 22.3 Å². The molecule has 4 fully saturated rings. The van der Waals surface area contributed by atoms with Crippen molar-refractivity contribution in [2.24, 2.45) is 0 Å². The summed E-state index contributed by atoms with van der Waals surface area (Å²) in [7, 11) is 0. The van der Waals surface area contributed by atoms with Crippen molar-refractivity contribution in [3.8, 4) is 17.3 Å². The topological polar surface area (TPSA) is 92.4 Å². The number of nitrogens with zero attached hydrogens (tertiary/aromatic N) is 5. The summed E-state index contributed by atoms with van der Waals surface area (Å²) >= 11 is 0. The third kappa shape index (κ3) is 4.54. The van der Waals surface area contributed by atoms with Crippen molar-refractivity contribution in [3.63, 3.8) is 0 Å². The van der Waals surface area contributed by atoms with Crippen LogP contribution in [0.15, 0.2) is 12.1 Å². The number of nitrogens with one attached hydrogen (secondary N) is 1. The number of nitrogen functional groups attached to an aromatic ring is 1. The molecule has 4 aliphatic heterocycles. The first-order valence-electron chi connectivity index (χ1n) is 14.8. The minimum Gasteiger partial charge on any atom is -0.461 e. The second kappa shape index (κ2) is 9.90. The van der Waals surface area contributed by atoms with Crippen LogP contribution < -0.4 is 20.7 Å². The molecule has 6 heterocycles. The van der Waals surface area contributed by atoms with Crippen molar-refractivity contribution in [3.05, 3.63) is 34.6 Å². The molecule has 4 aliphatic rings. The van der Waals surface area contributed by atoms with Crippen LogP contribution in [0.3, 0.4) is 0 Å². The highest BCUT2D eigenvalue weighted by Crippen LogP contribution is 2.44. The van der Waals surface area contributed by atoms with Crippen LogP contribution in [0, 0.1) is 19.7 Å². The van der Waals surface area contributed by atoms with Crippen LogP contribution in [0.5, 0.6) is 6.01 Å². The number of rotatable bonds is 5. The number of benzene rings is 1. The molecule has 0 saturated carbocycles. The van der Waals surface area contributed by atoms with E-state index in [4.69, 9.17) is 15.5 Å². The SMILES string of the molecule is Cc1cc2c(N3CC4CCC(C3)N4)nc(OCC34CCCN3CCC4)nc2c(F)c1-c1nc(N)cc(C)c1C(F)(F)F. The molecule has 42 heavy (non-hydrogen) atoms. The minimum absolute atomic E-state index is 0.0398. The largest absolute Gasteiger partial charge is 0.461 e. The van der Waals surface area contributed by atoms with Crippen molar-refractivity contribution >= 4 is 22.5 Å². The molecular weight excluding hydrogens is 550 g/mol. The molecule has 4 saturated heterocycles. The third-order valence-electron chi connectivity index (χ3n) is 9.64. The Balaban J connectivity index is 1.38. The van der Waals surface area contributed by atoms with E-state index in [0.717, 1.165) is 57.7 Å². The average Bonchev–Trinajstić information content (AvgIpc) is 3.59. The summed E-state index contributed by atoms with van der Waals surface area (Å²) in [4.78, 5) is 17.9. The summed E-state index contributed by atoms with van der Waals surface area (Å²) in [5, 5.41) is 4.04. The van der Waals surface area contributed by atoms with Crippen molar-refractivity contribution in [1.29, 1.82) is 0 Å². The Bertz CT molecular complexity index is 1540. The van der Waals surface area contributed by atoms with Gasteiger partial charge in [0.15, 0.2) is 5.82 Å². The lowest BCUT2D eigenvalue weighted by molar-refractivity contribution is -0.137. The monoisotopic (exact) mass is 585 g/mol. The average molecular weight is 586 g/mol. The van der Waals surface area contributed by atoms with E-state index in [1.807, 2.05) is 0 Å². The van der Waals surface area contributed by atoms with Crippen LogP contribution >= 0.6 is 0 Å². The Kier molecular flexibility index (Phi) is 6.50. The van der Waals surface area contributed by atoms with Crippen molar-refractivity contribution in [2.45, 2.75) is 76.2 Å². The van der Waals surface area contributed by atoms with Gasteiger partial charge in [-0.2, -0.15) is 23.1 Å². The number of fused-ring (bicyclic) bond motifs is 4. The quantitative estimate of drug-likeness (QED) is 0.405. The van der Waals surface area contributed by atoms with Gasteiger partial charge in [0.05, 0.1) is 16.8 Å². The molecule has 0 radical (unpaired) electrons. The first kappa shape index (κ1) is 27.6. The normalized spacial score (nSPS) is 23.6. The van der Waals surface area contributed by atoms with Gasteiger partial charge in [0.25, 0.3) is 0 Å². The standard InChI is InChI=1S/C30H35F4N7O/c1-16-11-20-25(24(31)22(16)26-23(30(32,33)34)17(2)12-21(35)37-26)38-28(42-15-29-7-3-9-41(29)10-4-8-29)39-27(20)40-13-18-5-6-19(14-40)36-18/h11-12,18-19,36H,3-10,13-15H2,1-2H3,(H2,35,37). The molecule has 224 valence electrons. The number of hydrogen-bond donors (Lipinski definition) is 2. The fourth-order valence-electron chi connectivity index (χ4n) is 7.78. The van der Waals surface area contributed by atoms with Gasteiger partial charge in [0, 0.05) is 36.1 Å². The first-order chi connectivity index (χ1) is 20.0. The number of halogens is 4. The van der Waals surface area contributed by atoms with Crippen LogP contribution in [0.2, 0.25) is 0 Å². The summed E-state index contributed by atoms with van der Waals surface area (Å²) in [6.07, 6.45) is 1.57. The van der Waals surface area contributed by atoms with Crippen LogP contribution in [0.4, 0.5) is 29.2 Å². The molecule has 0 aliphatic carbocycles. The van der Waals surface area contributed by atoms with Gasteiger partial charge in [0.1, 0.15) is 23.8 Å². The Morgan fingerprint density at radius 1 is 1.02 bits per heavy atom. The molecule has 8 nitrogen and oxygen atoms in total. The third-order valence-corrected chi connectivity index (χ3v) is 9.64. The Labute approximate surface area is 241 Å². The molecule has 2 bridgehead atoms. The van der Waals surface area contributed by atoms with E-state index in [1.54, 1.807) is 13.0 Å². The predicted octanol–water partition coefficient (Wildman–Crippen LogP) is 5.00. The highest BCUT2D eigenvalue weighted by molar-refractivity contribution is 5.95. The fourth-order valence-corrected chi connectivity index (χ4v) is 7.78. The maximum absolute atomic E-state index is 16.7. The van der Waals surface area contributed by atoms with Gasteiger partial charge in [-0.1, -0.05) is 0 Å². The van der Waals surface area contributed by atoms with Gasteiger partial charge in [-0.3, -0.25) is 4.90 Å².